The number of aliphatic hydroxyl groups is 1. The number of hydrogen-bond acceptors (Lipinski definition) is 4. The molecule has 1 fully saturated rings. The minimum absolute atomic E-state index is 0.524. The zero-order valence-electron chi connectivity index (χ0n) is 13.3. The largest absolute Gasteiger partial charge is 0.389 e. The highest BCUT2D eigenvalue weighted by Crippen LogP contribution is 2.28. The van der Waals surface area contributed by atoms with Gasteiger partial charge < -0.3 is 10.4 Å². The molecule has 118 valence electrons. The molecule has 5 heteroatoms. The van der Waals surface area contributed by atoms with Gasteiger partial charge >= 0.3 is 0 Å². The van der Waals surface area contributed by atoms with Gasteiger partial charge in [-0.15, -0.1) is 0 Å². The summed E-state index contributed by atoms with van der Waals surface area (Å²) in [5.41, 5.74) is 3.76. The first-order valence-electron chi connectivity index (χ1n) is 7.97. The van der Waals surface area contributed by atoms with Crippen LogP contribution in [-0.2, 0) is 6.54 Å². The van der Waals surface area contributed by atoms with Gasteiger partial charge in [0.25, 0.3) is 0 Å². The van der Waals surface area contributed by atoms with Crippen LogP contribution >= 0.6 is 0 Å². The van der Waals surface area contributed by atoms with Gasteiger partial charge in [-0.05, 0) is 49.9 Å². The Labute approximate surface area is 131 Å². The molecule has 1 aromatic carbocycles. The van der Waals surface area contributed by atoms with E-state index >= 15 is 0 Å². The molecule has 1 aliphatic carbocycles. The van der Waals surface area contributed by atoms with E-state index in [-0.39, 0.29) is 0 Å². The normalized spacial score (nSPS) is 17.0. The van der Waals surface area contributed by atoms with Crippen molar-refractivity contribution in [3.63, 3.8) is 0 Å². The van der Waals surface area contributed by atoms with Crippen molar-refractivity contribution < 1.29 is 5.11 Å². The summed E-state index contributed by atoms with van der Waals surface area (Å²) in [6.45, 7) is 5.41. The fraction of sp³-hybridized carbons (Fsp3) is 0.529. The van der Waals surface area contributed by atoms with Gasteiger partial charge in [-0.2, -0.15) is 15.0 Å². The summed E-state index contributed by atoms with van der Waals surface area (Å²) in [5, 5.41) is 22.5. The lowest BCUT2D eigenvalue weighted by atomic mass is 10.0. The van der Waals surface area contributed by atoms with Gasteiger partial charge in [-0.1, -0.05) is 18.9 Å². The fourth-order valence-corrected chi connectivity index (χ4v) is 3.20. The van der Waals surface area contributed by atoms with Gasteiger partial charge in [0.2, 0.25) is 0 Å². The summed E-state index contributed by atoms with van der Waals surface area (Å²) in [5.74, 6) is 0. The molecule has 2 aromatic rings. The number of benzene rings is 1. The Morgan fingerprint density at radius 3 is 2.55 bits per heavy atom. The lowest BCUT2D eigenvalue weighted by Gasteiger charge is -2.21. The second kappa shape index (κ2) is 6.18. The molecule has 1 aliphatic rings. The molecule has 5 nitrogen and oxygen atoms in total. The summed E-state index contributed by atoms with van der Waals surface area (Å²) in [6, 6.07) is 6.29. The Bertz CT molecular complexity index is 624. The number of nitrogens with zero attached hydrogens (tertiary/aromatic N) is 3. The van der Waals surface area contributed by atoms with Crippen LogP contribution in [0.1, 0.15) is 42.5 Å². The first-order valence-corrected chi connectivity index (χ1v) is 7.97. The molecule has 0 spiro atoms. The summed E-state index contributed by atoms with van der Waals surface area (Å²) in [4.78, 5) is 1.67. The summed E-state index contributed by atoms with van der Waals surface area (Å²) >= 11 is 0. The van der Waals surface area contributed by atoms with Crippen molar-refractivity contribution in [1.82, 2.24) is 20.3 Å². The average molecular weight is 300 g/mol. The van der Waals surface area contributed by atoms with Crippen molar-refractivity contribution in [2.45, 2.75) is 51.7 Å². The lowest BCUT2D eigenvalue weighted by Crippen LogP contribution is -2.37. The zero-order chi connectivity index (χ0) is 15.6. The Kier molecular flexibility index (Phi) is 4.27. The Morgan fingerprint density at radius 2 is 1.86 bits per heavy atom. The second-order valence-electron chi connectivity index (χ2n) is 6.51. The van der Waals surface area contributed by atoms with Crippen LogP contribution in [0, 0.1) is 13.8 Å². The summed E-state index contributed by atoms with van der Waals surface area (Å²) in [6.07, 6.45) is 5.83. The third-order valence-corrected chi connectivity index (χ3v) is 4.27. The van der Waals surface area contributed by atoms with Gasteiger partial charge in [0, 0.05) is 13.1 Å². The van der Waals surface area contributed by atoms with Crippen molar-refractivity contribution in [2.75, 3.05) is 6.54 Å². The predicted octanol–water partition coefficient (Wildman–Crippen LogP) is 2.28. The van der Waals surface area contributed by atoms with Crippen molar-refractivity contribution in [3.05, 3.63) is 41.2 Å². The zero-order valence-corrected chi connectivity index (χ0v) is 13.3. The van der Waals surface area contributed by atoms with Crippen molar-refractivity contribution in [3.8, 4) is 5.69 Å². The van der Waals surface area contributed by atoms with Gasteiger partial charge in [-0.25, -0.2) is 0 Å². The average Bonchev–Trinajstić information content (AvgIpc) is 3.07. The first kappa shape index (κ1) is 15.2. The molecule has 0 amide bonds. The van der Waals surface area contributed by atoms with Gasteiger partial charge in [0.15, 0.2) is 0 Å². The molecule has 0 aliphatic heterocycles. The van der Waals surface area contributed by atoms with Crippen LogP contribution in [0.25, 0.3) is 5.69 Å². The second-order valence-corrected chi connectivity index (χ2v) is 6.51. The Morgan fingerprint density at radius 1 is 1.18 bits per heavy atom. The molecule has 3 rings (SSSR count). The van der Waals surface area contributed by atoms with Crippen LogP contribution in [0.2, 0.25) is 0 Å². The SMILES string of the molecule is Cc1cc(C)cc(-n2ncc(CNCC3(O)CCCC3)n2)c1. The molecular weight excluding hydrogens is 276 g/mol. The smallest absolute Gasteiger partial charge is 0.0969 e. The molecule has 22 heavy (non-hydrogen) atoms. The number of hydrogen-bond donors (Lipinski definition) is 2. The maximum atomic E-state index is 10.3. The van der Waals surface area contributed by atoms with E-state index in [9.17, 15) is 5.11 Å². The van der Waals surface area contributed by atoms with Gasteiger partial charge in [0.1, 0.15) is 0 Å². The van der Waals surface area contributed by atoms with E-state index in [0.29, 0.717) is 13.1 Å². The molecule has 2 N–H and O–H groups in total. The van der Waals surface area contributed by atoms with Crippen LogP contribution in [0.15, 0.2) is 24.4 Å². The van der Waals surface area contributed by atoms with Crippen LogP contribution in [-0.4, -0.2) is 32.2 Å². The number of nitrogens with one attached hydrogen (secondary N) is 1. The number of rotatable bonds is 5. The maximum Gasteiger partial charge on any atom is 0.0969 e. The lowest BCUT2D eigenvalue weighted by molar-refractivity contribution is 0.0474. The van der Waals surface area contributed by atoms with Crippen LogP contribution < -0.4 is 5.32 Å². The van der Waals surface area contributed by atoms with Gasteiger partial charge in [0.05, 0.1) is 23.2 Å². The maximum absolute atomic E-state index is 10.3. The molecule has 0 bridgehead atoms. The minimum atomic E-state index is -0.524. The molecule has 0 atom stereocenters. The molecule has 1 heterocycles. The molecule has 0 radical (unpaired) electrons. The van der Waals surface area contributed by atoms with Crippen molar-refractivity contribution in [1.29, 1.82) is 0 Å². The fourth-order valence-electron chi connectivity index (χ4n) is 3.20. The molecule has 0 saturated heterocycles. The van der Waals surface area contributed by atoms with E-state index in [0.717, 1.165) is 37.1 Å². The van der Waals surface area contributed by atoms with E-state index < -0.39 is 5.60 Å². The van der Waals surface area contributed by atoms with E-state index in [1.165, 1.54) is 11.1 Å². The topological polar surface area (TPSA) is 63.0 Å². The molecule has 1 saturated carbocycles. The van der Waals surface area contributed by atoms with E-state index in [1.54, 1.807) is 11.0 Å². The quantitative estimate of drug-likeness (QED) is 0.889. The number of aromatic nitrogens is 3. The summed E-state index contributed by atoms with van der Waals surface area (Å²) < 4.78 is 0. The Balaban J connectivity index is 1.61. The van der Waals surface area contributed by atoms with Crippen LogP contribution in [0.3, 0.4) is 0 Å². The highest BCUT2D eigenvalue weighted by Gasteiger charge is 2.30. The molecule has 1 aromatic heterocycles. The third kappa shape index (κ3) is 3.54. The third-order valence-electron chi connectivity index (χ3n) is 4.27. The van der Waals surface area contributed by atoms with Crippen LogP contribution in [0.5, 0.6) is 0 Å². The molecular formula is C17H24N4O. The number of aryl methyl sites for hydroxylation is 2. The van der Waals surface area contributed by atoms with Gasteiger partial charge in [-0.3, -0.25) is 0 Å². The van der Waals surface area contributed by atoms with Crippen LogP contribution in [0.4, 0.5) is 0 Å². The highest BCUT2D eigenvalue weighted by atomic mass is 16.3. The standard InChI is InChI=1S/C17H24N4O/c1-13-7-14(2)9-16(8-13)21-19-11-15(20-21)10-18-12-17(22)5-3-4-6-17/h7-9,11,18,22H,3-6,10,12H2,1-2H3. The predicted molar refractivity (Wildman–Crippen MR) is 86.0 cm³/mol. The van der Waals surface area contributed by atoms with E-state index in [4.69, 9.17) is 0 Å². The minimum Gasteiger partial charge on any atom is -0.389 e. The van der Waals surface area contributed by atoms with Crippen molar-refractivity contribution in [2.24, 2.45) is 0 Å². The van der Waals surface area contributed by atoms with E-state index in [2.05, 4.69) is 47.6 Å². The Hall–Kier alpha value is -1.72. The summed E-state index contributed by atoms with van der Waals surface area (Å²) in [7, 11) is 0. The first-order chi connectivity index (χ1) is 10.5. The monoisotopic (exact) mass is 300 g/mol. The molecule has 0 unspecified atom stereocenters. The highest BCUT2D eigenvalue weighted by molar-refractivity contribution is 5.37. The van der Waals surface area contributed by atoms with E-state index in [1.807, 2.05) is 0 Å². The van der Waals surface area contributed by atoms with Crippen molar-refractivity contribution >= 4 is 0 Å².